The molecular formula is C21H34O5. The van der Waals surface area contributed by atoms with Crippen molar-refractivity contribution in [3.05, 3.63) is 48.6 Å². The van der Waals surface area contributed by atoms with Gasteiger partial charge < -0.3 is 20.1 Å². The smallest absolute Gasteiger partial charge is 0.305 e. The molecule has 0 aliphatic rings. The van der Waals surface area contributed by atoms with Gasteiger partial charge in [-0.25, -0.2) is 0 Å². The molecule has 0 spiro atoms. The molecule has 0 saturated heterocycles. The fourth-order valence-electron chi connectivity index (χ4n) is 2.18. The molecule has 0 heterocycles. The molecular weight excluding hydrogens is 332 g/mol. The zero-order chi connectivity index (χ0) is 19.6. The number of allylic oxidation sites excluding steroid dienone is 6. The molecule has 3 N–H and O–H groups in total. The summed E-state index contributed by atoms with van der Waals surface area (Å²) in [5.74, 6) is -0.266. The van der Waals surface area contributed by atoms with Gasteiger partial charge in [-0.3, -0.25) is 4.79 Å². The lowest BCUT2D eigenvalue weighted by Gasteiger charge is -2.13. The second-order valence-electron chi connectivity index (χ2n) is 6.13. The zero-order valence-electron chi connectivity index (χ0n) is 16.0. The Morgan fingerprint density at radius 1 is 0.885 bits per heavy atom. The first kappa shape index (κ1) is 24.3. The minimum atomic E-state index is -0.847. The summed E-state index contributed by atoms with van der Waals surface area (Å²) >= 11 is 0. The van der Waals surface area contributed by atoms with E-state index in [4.69, 9.17) is 0 Å². The molecule has 0 saturated carbocycles. The number of aliphatic hydroxyl groups excluding tert-OH is 3. The van der Waals surface area contributed by atoms with Crippen molar-refractivity contribution in [3.63, 3.8) is 0 Å². The Labute approximate surface area is 157 Å². The van der Waals surface area contributed by atoms with Crippen LogP contribution in [0.4, 0.5) is 0 Å². The quantitative estimate of drug-likeness (QED) is 0.250. The molecule has 5 nitrogen and oxygen atoms in total. The summed E-state index contributed by atoms with van der Waals surface area (Å²) in [4.78, 5) is 10.9. The van der Waals surface area contributed by atoms with E-state index in [1.54, 1.807) is 48.6 Å². The van der Waals surface area contributed by atoms with Crippen LogP contribution >= 0.6 is 0 Å². The molecule has 0 bridgehead atoms. The first-order chi connectivity index (χ1) is 12.5. The summed E-state index contributed by atoms with van der Waals surface area (Å²) in [5, 5.41) is 29.3. The van der Waals surface area contributed by atoms with Crippen LogP contribution in [0.25, 0.3) is 0 Å². The van der Waals surface area contributed by atoms with Crippen LogP contribution in [0.1, 0.15) is 51.9 Å². The van der Waals surface area contributed by atoms with E-state index in [-0.39, 0.29) is 5.97 Å². The van der Waals surface area contributed by atoms with E-state index >= 15 is 0 Å². The molecule has 26 heavy (non-hydrogen) atoms. The largest absolute Gasteiger partial charge is 0.469 e. The van der Waals surface area contributed by atoms with E-state index in [1.165, 1.54) is 7.11 Å². The van der Waals surface area contributed by atoms with Crippen molar-refractivity contribution >= 4 is 5.97 Å². The molecule has 0 aromatic rings. The third-order valence-corrected chi connectivity index (χ3v) is 3.80. The Bertz CT molecular complexity index is 465. The Morgan fingerprint density at radius 3 is 2.12 bits per heavy atom. The van der Waals surface area contributed by atoms with Gasteiger partial charge in [-0.2, -0.15) is 0 Å². The van der Waals surface area contributed by atoms with Gasteiger partial charge in [0.25, 0.3) is 0 Å². The van der Waals surface area contributed by atoms with Crippen molar-refractivity contribution in [2.45, 2.75) is 70.2 Å². The molecule has 0 amide bonds. The van der Waals surface area contributed by atoms with Gasteiger partial charge >= 0.3 is 5.97 Å². The second-order valence-corrected chi connectivity index (χ2v) is 6.13. The number of rotatable bonds is 14. The van der Waals surface area contributed by atoms with Crippen LogP contribution in [-0.2, 0) is 9.53 Å². The maximum atomic E-state index is 10.9. The Kier molecular flexibility index (Phi) is 15.7. The van der Waals surface area contributed by atoms with Gasteiger partial charge in [-0.1, -0.05) is 74.8 Å². The summed E-state index contributed by atoms with van der Waals surface area (Å²) in [6, 6.07) is 0. The fraction of sp³-hybridized carbons (Fsp3) is 0.571. The molecule has 0 aliphatic heterocycles. The third-order valence-electron chi connectivity index (χ3n) is 3.80. The van der Waals surface area contributed by atoms with Crippen molar-refractivity contribution < 1.29 is 24.9 Å². The maximum Gasteiger partial charge on any atom is 0.305 e. The lowest BCUT2D eigenvalue weighted by molar-refractivity contribution is -0.140. The van der Waals surface area contributed by atoms with E-state index in [1.807, 2.05) is 0 Å². The fourth-order valence-corrected chi connectivity index (χ4v) is 2.18. The standard InChI is InChI=1S/C21H34O5/c1-3-4-9-15-19(23)20(24)16-11-8-6-5-7-10-13-18(22)14-12-17-21(25)26-2/h5-8,10-11,13,16,18-20,22-24H,3-4,9,12,14-15,17H2,1-2H3. The highest BCUT2D eigenvalue weighted by Gasteiger charge is 2.11. The number of carbonyl (C=O) groups excluding carboxylic acids is 1. The number of ether oxygens (including phenoxy) is 1. The number of unbranched alkanes of at least 4 members (excludes halogenated alkanes) is 2. The van der Waals surface area contributed by atoms with Crippen LogP contribution in [0.3, 0.4) is 0 Å². The third kappa shape index (κ3) is 14.6. The van der Waals surface area contributed by atoms with E-state index < -0.39 is 18.3 Å². The van der Waals surface area contributed by atoms with Gasteiger partial charge in [0.2, 0.25) is 0 Å². The summed E-state index contributed by atoms with van der Waals surface area (Å²) in [6.45, 7) is 2.10. The molecule has 5 heteroatoms. The molecule has 0 rings (SSSR count). The number of methoxy groups -OCH3 is 1. The van der Waals surface area contributed by atoms with Crippen molar-refractivity contribution in [3.8, 4) is 0 Å². The van der Waals surface area contributed by atoms with Crippen molar-refractivity contribution in [2.75, 3.05) is 7.11 Å². The number of esters is 1. The van der Waals surface area contributed by atoms with Gasteiger partial charge in [0.1, 0.15) is 0 Å². The predicted octanol–water partition coefficient (Wildman–Crippen LogP) is 3.22. The normalized spacial score (nSPS) is 16.0. The van der Waals surface area contributed by atoms with Crippen LogP contribution in [-0.4, -0.2) is 46.7 Å². The molecule has 0 fully saturated rings. The van der Waals surface area contributed by atoms with Crippen molar-refractivity contribution in [1.82, 2.24) is 0 Å². The van der Waals surface area contributed by atoms with Crippen LogP contribution in [0, 0.1) is 0 Å². The van der Waals surface area contributed by atoms with E-state index in [0.29, 0.717) is 25.7 Å². The topological polar surface area (TPSA) is 87.0 Å². The van der Waals surface area contributed by atoms with E-state index in [0.717, 1.165) is 19.3 Å². The van der Waals surface area contributed by atoms with Crippen LogP contribution in [0.15, 0.2) is 48.6 Å². The van der Waals surface area contributed by atoms with Crippen molar-refractivity contribution in [1.29, 1.82) is 0 Å². The second kappa shape index (κ2) is 16.8. The van der Waals surface area contributed by atoms with Crippen LogP contribution in [0.2, 0.25) is 0 Å². The Hall–Kier alpha value is -1.69. The van der Waals surface area contributed by atoms with Gasteiger partial charge in [0, 0.05) is 6.42 Å². The van der Waals surface area contributed by atoms with E-state index in [9.17, 15) is 20.1 Å². The lowest BCUT2D eigenvalue weighted by atomic mass is 10.1. The van der Waals surface area contributed by atoms with Gasteiger partial charge in [0.05, 0.1) is 25.4 Å². The summed E-state index contributed by atoms with van der Waals surface area (Å²) in [7, 11) is 1.35. The molecule has 0 aromatic carbocycles. The van der Waals surface area contributed by atoms with Gasteiger partial charge in [-0.15, -0.1) is 0 Å². The SMILES string of the molecule is CCCCCC(O)C(O)C=CC=CC=CC=CC(O)CCCC(=O)OC. The average Bonchev–Trinajstić information content (AvgIpc) is 2.63. The molecule has 3 atom stereocenters. The van der Waals surface area contributed by atoms with Crippen LogP contribution in [0.5, 0.6) is 0 Å². The number of hydrogen-bond donors (Lipinski definition) is 3. The molecule has 3 unspecified atom stereocenters. The maximum absolute atomic E-state index is 10.9. The van der Waals surface area contributed by atoms with Crippen molar-refractivity contribution in [2.24, 2.45) is 0 Å². The lowest BCUT2D eigenvalue weighted by Crippen LogP contribution is -2.23. The summed E-state index contributed by atoms with van der Waals surface area (Å²) < 4.78 is 4.53. The highest BCUT2D eigenvalue weighted by molar-refractivity contribution is 5.68. The molecule has 0 aromatic heterocycles. The first-order valence-corrected chi connectivity index (χ1v) is 9.30. The van der Waals surface area contributed by atoms with Gasteiger partial charge in [-0.05, 0) is 19.3 Å². The summed E-state index contributed by atoms with van der Waals surface area (Å²) in [5.41, 5.74) is 0. The Balaban J connectivity index is 3.96. The predicted molar refractivity (Wildman–Crippen MR) is 105 cm³/mol. The highest BCUT2D eigenvalue weighted by Crippen LogP contribution is 2.07. The number of aliphatic hydroxyl groups is 3. The first-order valence-electron chi connectivity index (χ1n) is 9.30. The molecule has 0 aliphatic carbocycles. The number of hydrogen-bond acceptors (Lipinski definition) is 5. The molecule has 148 valence electrons. The average molecular weight is 366 g/mol. The zero-order valence-corrected chi connectivity index (χ0v) is 16.0. The van der Waals surface area contributed by atoms with E-state index in [2.05, 4.69) is 11.7 Å². The van der Waals surface area contributed by atoms with Gasteiger partial charge in [0.15, 0.2) is 0 Å². The number of carbonyl (C=O) groups is 1. The minimum Gasteiger partial charge on any atom is -0.469 e. The molecule has 0 radical (unpaired) electrons. The monoisotopic (exact) mass is 366 g/mol. The Morgan fingerprint density at radius 2 is 1.50 bits per heavy atom. The van der Waals surface area contributed by atoms with Crippen LogP contribution < -0.4 is 0 Å². The minimum absolute atomic E-state index is 0.266. The highest BCUT2D eigenvalue weighted by atomic mass is 16.5. The summed E-state index contributed by atoms with van der Waals surface area (Å²) in [6.07, 6.45) is 16.7.